The van der Waals surface area contributed by atoms with Gasteiger partial charge in [0.2, 0.25) is 0 Å². The lowest BCUT2D eigenvalue weighted by molar-refractivity contribution is 0.206. The van der Waals surface area contributed by atoms with E-state index in [1.54, 1.807) is 42.5 Å². The van der Waals surface area contributed by atoms with Crippen molar-refractivity contribution in [3.8, 4) is 5.69 Å². The Morgan fingerprint density at radius 3 is 2.71 bits per heavy atom. The third-order valence-corrected chi connectivity index (χ3v) is 4.95. The minimum absolute atomic E-state index is 0. The first-order valence-electron chi connectivity index (χ1n) is 9.66. The standard InChI is InChI=1S/C20H29FN6.HI/c1-3-9-26-10-6-17(7-11-26)25-20(22-2)24-14-16-4-5-19(18(21)13-16)27-12-8-23-15-27;/h4-5,8,12-13,15,17H,3,6-7,9-11,14H2,1-2H3,(H2,22,24,25);1H. The van der Waals surface area contributed by atoms with E-state index in [0.717, 1.165) is 37.5 Å². The number of halogens is 2. The minimum Gasteiger partial charge on any atom is -0.354 e. The fourth-order valence-corrected chi connectivity index (χ4v) is 3.46. The van der Waals surface area contributed by atoms with Gasteiger partial charge in [0.15, 0.2) is 5.96 Å². The molecule has 6 nitrogen and oxygen atoms in total. The van der Waals surface area contributed by atoms with E-state index in [2.05, 4.69) is 32.4 Å². The fraction of sp³-hybridized carbons (Fsp3) is 0.500. The Balaban J connectivity index is 0.00000280. The van der Waals surface area contributed by atoms with E-state index in [1.807, 2.05) is 6.07 Å². The second-order valence-corrected chi connectivity index (χ2v) is 6.94. The number of rotatable bonds is 6. The quantitative estimate of drug-likeness (QED) is 0.364. The Hall–Kier alpha value is -1.68. The molecule has 28 heavy (non-hydrogen) atoms. The molecule has 0 bridgehead atoms. The molecule has 0 atom stereocenters. The molecule has 2 aromatic rings. The van der Waals surface area contributed by atoms with E-state index in [0.29, 0.717) is 18.3 Å². The maximum atomic E-state index is 14.4. The second kappa shape index (κ2) is 11.4. The lowest BCUT2D eigenvalue weighted by Gasteiger charge is -2.32. The zero-order valence-electron chi connectivity index (χ0n) is 16.6. The molecular formula is C20H30FIN6. The molecule has 1 aromatic heterocycles. The summed E-state index contributed by atoms with van der Waals surface area (Å²) in [7, 11) is 1.77. The molecule has 1 aliphatic rings. The summed E-state index contributed by atoms with van der Waals surface area (Å²) >= 11 is 0. The van der Waals surface area contributed by atoms with Crippen LogP contribution in [0.25, 0.3) is 5.69 Å². The molecule has 3 rings (SSSR count). The van der Waals surface area contributed by atoms with Crippen LogP contribution in [0.5, 0.6) is 0 Å². The highest BCUT2D eigenvalue weighted by molar-refractivity contribution is 14.0. The average molecular weight is 500 g/mol. The second-order valence-electron chi connectivity index (χ2n) is 6.94. The monoisotopic (exact) mass is 500 g/mol. The Labute approximate surface area is 183 Å². The summed E-state index contributed by atoms with van der Waals surface area (Å²) < 4.78 is 16.0. The predicted molar refractivity (Wildman–Crippen MR) is 122 cm³/mol. The number of imidazole rings is 1. The van der Waals surface area contributed by atoms with E-state index in [-0.39, 0.29) is 29.8 Å². The van der Waals surface area contributed by atoms with Crippen LogP contribution in [0.4, 0.5) is 4.39 Å². The number of aromatic nitrogens is 2. The molecule has 1 aromatic carbocycles. The number of aliphatic imine (C=N–C) groups is 1. The van der Waals surface area contributed by atoms with Gasteiger partial charge in [-0.25, -0.2) is 9.37 Å². The lowest BCUT2D eigenvalue weighted by atomic mass is 10.1. The highest BCUT2D eigenvalue weighted by atomic mass is 127. The summed E-state index contributed by atoms with van der Waals surface area (Å²) in [5, 5.41) is 6.78. The van der Waals surface area contributed by atoms with Crippen LogP contribution in [-0.4, -0.2) is 53.1 Å². The molecule has 2 heterocycles. The van der Waals surface area contributed by atoms with Gasteiger partial charge in [0.05, 0.1) is 12.0 Å². The molecule has 0 aliphatic carbocycles. The van der Waals surface area contributed by atoms with Crippen molar-refractivity contribution in [2.75, 3.05) is 26.7 Å². The van der Waals surface area contributed by atoms with Crippen LogP contribution in [0.15, 0.2) is 41.9 Å². The minimum atomic E-state index is -0.265. The Kier molecular flexibility index (Phi) is 9.17. The van der Waals surface area contributed by atoms with Gasteiger partial charge in [0.25, 0.3) is 0 Å². The lowest BCUT2D eigenvalue weighted by Crippen LogP contribution is -2.48. The molecule has 154 valence electrons. The number of hydrogen-bond donors (Lipinski definition) is 2. The van der Waals surface area contributed by atoms with Gasteiger partial charge in [-0.3, -0.25) is 4.99 Å². The van der Waals surface area contributed by atoms with Gasteiger partial charge in [-0.2, -0.15) is 0 Å². The maximum Gasteiger partial charge on any atom is 0.191 e. The topological polar surface area (TPSA) is 57.5 Å². The van der Waals surface area contributed by atoms with E-state index in [9.17, 15) is 4.39 Å². The zero-order valence-corrected chi connectivity index (χ0v) is 18.9. The number of guanidine groups is 1. The van der Waals surface area contributed by atoms with E-state index < -0.39 is 0 Å². The van der Waals surface area contributed by atoms with Gasteiger partial charge in [-0.05, 0) is 43.5 Å². The molecule has 1 aliphatic heterocycles. The Morgan fingerprint density at radius 1 is 1.32 bits per heavy atom. The number of hydrogen-bond acceptors (Lipinski definition) is 3. The van der Waals surface area contributed by atoms with Crippen LogP contribution in [0, 0.1) is 5.82 Å². The van der Waals surface area contributed by atoms with Crippen molar-refractivity contribution < 1.29 is 4.39 Å². The average Bonchev–Trinajstić information content (AvgIpc) is 3.21. The highest BCUT2D eigenvalue weighted by Crippen LogP contribution is 2.15. The van der Waals surface area contributed by atoms with Crippen LogP contribution < -0.4 is 10.6 Å². The van der Waals surface area contributed by atoms with Crippen molar-refractivity contribution in [3.05, 3.63) is 48.3 Å². The largest absolute Gasteiger partial charge is 0.354 e. The molecule has 8 heteroatoms. The summed E-state index contributed by atoms with van der Waals surface area (Å²) in [5.41, 5.74) is 1.37. The van der Waals surface area contributed by atoms with Crippen LogP contribution in [-0.2, 0) is 6.54 Å². The van der Waals surface area contributed by atoms with Gasteiger partial charge in [0, 0.05) is 45.1 Å². The fourth-order valence-electron chi connectivity index (χ4n) is 3.46. The molecule has 0 saturated carbocycles. The van der Waals surface area contributed by atoms with Crippen LogP contribution in [0.1, 0.15) is 31.7 Å². The zero-order chi connectivity index (χ0) is 19.1. The highest BCUT2D eigenvalue weighted by Gasteiger charge is 2.19. The summed E-state index contributed by atoms with van der Waals surface area (Å²) in [5.74, 6) is 0.501. The van der Waals surface area contributed by atoms with Crippen molar-refractivity contribution >= 4 is 29.9 Å². The molecule has 0 unspecified atom stereocenters. The smallest absolute Gasteiger partial charge is 0.191 e. The van der Waals surface area contributed by atoms with E-state index >= 15 is 0 Å². The van der Waals surface area contributed by atoms with Gasteiger partial charge in [0.1, 0.15) is 5.82 Å². The summed E-state index contributed by atoms with van der Waals surface area (Å²) in [6.07, 6.45) is 8.40. The molecule has 2 N–H and O–H groups in total. The molecular weight excluding hydrogens is 470 g/mol. The normalized spacial score (nSPS) is 15.9. The molecule has 0 amide bonds. The SMILES string of the molecule is CCCN1CCC(NC(=NC)NCc2ccc(-n3ccnc3)c(F)c2)CC1.I. The van der Waals surface area contributed by atoms with Gasteiger partial charge < -0.3 is 20.1 Å². The third kappa shape index (κ3) is 6.16. The first kappa shape index (κ1) is 22.6. The number of piperidine rings is 1. The number of benzene rings is 1. The summed E-state index contributed by atoms with van der Waals surface area (Å²) in [4.78, 5) is 10.8. The van der Waals surface area contributed by atoms with Crippen molar-refractivity contribution in [2.24, 2.45) is 4.99 Å². The third-order valence-electron chi connectivity index (χ3n) is 4.95. The first-order chi connectivity index (χ1) is 13.2. The van der Waals surface area contributed by atoms with Gasteiger partial charge >= 0.3 is 0 Å². The van der Waals surface area contributed by atoms with E-state index in [4.69, 9.17) is 0 Å². The summed E-state index contributed by atoms with van der Waals surface area (Å²) in [6.45, 7) is 6.18. The van der Waals surface area contributed by atoms with Crippen molar-refractivity contribution in [3.63, 3.8) is 0 Å². The van der Waals surface area contributed by atoms with Crippen LogP contribution in [0.3, 0.4) is 0 Å². The Bertz CT molecular complexity index is 741. The predicted octanol–water partition coefficient (Wildman–Crippen LogP) is 3.17. The van der Waals surface area contributed by atoms with Crippen molar-refractivity contribution in [2.45, 2.75) is 38.8 Å². The summed E-state index contributed by atoms with van der Waals surface area (Å²) in [6, 6.07) is 5.68. The van der Waals surface area contributed by atoms with Crippen LogP contribution >= 0.6 is 24.0 Å². The van der Waals surface area contributed by atoms with Crippen LogP contribution in [0.2, 0.25) is 0 Å². The van der Waals surface area contributed by atoms with Gasteiger partial charge in [-0.15, -0.1) is 24.0 Å². The molecule has 1 saturated heterocycles. The number of likely N-dealkylation sites (tertiary alicyclic amines) is 1. The molecule has 0 spiro atoms. The molecule has 1 fully saturated rings. The van der Waals surface area contributed by atoms with E-state index in [1.165, 1.54) is 13.0 Å². The molecule has 0 radical (unpaired) electrons. The number of nitrogens with one attached hydrogen (secondary N) is 2. The first-order valence-corrected chi connectivity index (χ1v) is 9.66. The van der Waals surface area contributed by atoms with Gasteiger partial charge in [-0.1, -0.05) is 13.0 Å². The maximum absolute atomic E-state index is 14.4. The Morgan fingerprint density at radius 2 is 2.11 bits per heavy atom. The van der Waals surface area contributed by atoms with Crippen molar-refractivity contribution in [1.29, 1.82) is 0 Å². The number of nitrogens with zero attached hydrogens (tertiary/aromatic N) is 4. The van der Waals surface area contributed by atoms with Crippen molar-refractivity contribution in [1.82, 2.24) is 25.1 Å².